The molecule has 0 atom stereocenters. The molecule has 1 nitrogen and oxygen atoms in total. The number of aryl methyl sites for hydroxylation is 1. The van der Waals surface area contributed by atoms with Gasteiger partial charge in [-0.2, -0.15) is 0 Å². The smallest absolute Gasteiger partial charge is 0.270 e. The third kappa shape index (κ3) is 2.29. The summed E-state index contributed by atoms with van der Waals surface area (Å²) in [4.78, 5) is 0. The molecule has 0 aliphatic heterocycles. The zero-order valence-electron chi connectivity index (χ0n) is 8.48. The second-order valence-electron chi connectivity index (χ2n) is 3.43. The minimum absolute atomic E-state index is 0.0372. The molecule has 0 amide bonds. The maximum absolute atomic E-state index is 13.0. The van der Waals surface area contributed by atoms with E-state index in [1.807, 2.05) is 6.92 Å². The molecule has 0 bridgehead atoms. The molecule has 0 aliphatic rings. The summed E-state index contributed by atoms with van der Waals surface area (Å²) in [5, 5.41) is 0. The lowest BCUT2D eigenvalue weighted by molar-refractivity contribution is 0.0174. The molecule has 1 aromatic carbocycles. The van der Waals surface area contributed by atoms with Gasteiger partial charge in [0.15, 0.2) is 0 Å². The molecule has 3 heteroatoms. The SMILES string of the molecule is CCc1ccc(C(C)(F)F)cc1CN. The Morgan fingerprint density at radius 2 is 1.93 bits per heavy atom. The molecule has 0 radical (unpaired) electrons. The Hall–Kier alpha value is -0.960. The average Bonchev–Trinajstić information content (AvgIpc) is 2.15. The number of hydrogen-bond donors (Lipinski definition) is 1. The van der Waals surface area contributed by atoms with Crippen LogP contribution in [-0.4, -0.2) is 0 Å². The summed E-state index contributed by atoms with van der Waals surface area (Å²) in [7, 11) is 0. The predicted molar refractivity (Wildman–Crippen MR) is 53.3 cm³/mol. The van der Waals surface area contributed by atoms with Crippen molar-refractivity contribution in [2.24, 2.45) is 5.73 Å². The lowest BCUT2D eigenvalue weighted by Crippen LogP contribution is -2.10. The van der Waals surface area contributed by atoms with Crippen molar-refractivity contribution < 1.29 is 8.78 Å². The lowest BCUT2D eigenvalue weighted by Gasteiger charge is -2.13. The minimum atomic E-state index is -2.78. The van der Waals surface area contributed by atoms with Gasteiger partial charge >= 0.3 is 0 Å². The van der Waals surface area contributed by atoms with Crippen LogP contribution in [0, 0.1) is 0 Å². The van der Waals surface area contributed by atoms with Crippen LogP contribution in [0.15, 0.2) is 18.2 Å². The van der Waals surface area contributed by atoms with Gasteiger partial charge in [-0.25, -0.2) is 8.78 Å². The second-order valence-corrected chi connectivity index (χ2v) is 3.43. The van der Waals surface area contributed by atoms with Gasteiger partial charge in [-0.05, 0) is 23.6 Å². The zero-order chi connectivity index (χ0) is 10.8. The summed E-state index contributed by atoms with van der Waals surface area (Å²) in [6.07, 6.45) is 0.822. The van der Waals surface area contributed by atoms with Crippen molar-refractivity contribution in [3.63, 3.8) is 0 Å². The van der Waals surface area contributed by atoms with Gasteiger partial charge in [0.05, 0.1) is 0 Å². The molecule has 0 saturated heterocycles. The Balaban J connectivity index is 3.14. The summed E-state index contributed by atoms with van der Waals surface area (Å²) < 4.78 is 25.9. The Kier molecular flexibility index (Phi) is 3.21. The molecule has 14 heavy (non-hydrogen) atoms. The average molecular weight is 199 g/mol. The Labute approximate surface area is 82.9 Å². The number of alkyl halides is 2. The molecule has 0 heterocycles. The van der Waals surface area contributed by atoms with Gasteiger partial charge in [0.2, 0.25) is 0 Å². The van der Waals surface area contributed by atoms with E-state index < -0.39 is 5.92 Å². The molecule has 0 aromatic heterocycles. The van der Waals surface area contributed by atoms with Gasteiger partial charge in [0.1, 0.15) is 0 Å². The van der Waals surface area contributed by atoms with Gasteiger partial charge in [0, 0.05) is 19.0 Å². The molecule has 1 rings (SSSR count). The third-order valence-corrected chi connectivity index (χ3v) is 2.31. The van der Waals surface area contributed by atoms with E-state index in [0.29, 0.717) is 6.54 Å². The predicted octanol–water partition coefficient (Wildman–Crippen LogP) is 2.82. The van der Waals surface area contributed by atoms with Gasteiger partial charge in [-0.1, -0.05) is 19.1 Å². The van der Waals surface area contributed by atoms with Crippen molar-refractivity contribution >= 4 is 0 Å². The van der Waals surface area contributed by atoms with Crippen LogP contribution in [0.25, 0.3) is 0 Å². The van der Waals surface area contributed by atoms with Gasteiger partial charge < -0.3 is 5.73 Å². The highest BCUT2D eigenvalue weighted by atomic mass is 19.3. The van der Waals surface area contributed by atoms with E-state index in [9.17, 15) is 8.78 Å². The fraction of sp³-hybridized carbons (Fsp3) is 0.455. The third-order valence-electron chi connectivity index (χ3n) is 2.31. The maximum Gasteiger partial charge on any atom is 0.270 e. The van der Waals surface area contributed by atoms with E-state index in [2.05, 4.69) is 0 Å². The van der Waals surface area contributed by atoms with Crippen LogP contribution >= 0.6 is 0 Å². The van der Waals surface area contributed by atoms with Crippen LogP contribution in [0.5, 0.6) is 0 Å². The standard InChI is InChI=1S/C11H15F2N/c1-3-8-4-5-10(11(2,12)13)6-9(8)7-14/h4-6H,3,7,14H2,1-2H3. The Morgan fingerprint density at radius 1 is 1.29 bits per heavy atom. The quantitative estimate of drug-likeness (QED) is 0.795. The fourth-order valence-corrected chi connectivity index (χ4v) is 1.43. The lowest BCUT2D eigenvalue weighted by atomic mass is 9.99. The number of nitrogens with two attached hydrogens (primary N) is 1. The molecule has 0 fully saturated rings. The van der Waals surface area contributed by atoms with Crippen LogP contribution in [0.2, 0.25) is 0 Å². The van der Waals surface area contributed by atoms with Crippen LogP contribution < -0.4 is 5.73 Å². The fourth-order valence-electron chi connectivity index (χ4n) is 1.43. The largest absolute Gasteiger partial charge is 0.326 e. The van der Waals surface area contributed by atoms with E-state index in [1.165, 1.54) is 12.1 Å². The summed E-state index contributed by atoms with van der Waals surface area (Å²) >= 11 is 0. The van der Waals surface area contributed by atoms with Gasteiger partial charge in [0.25, 0.3) is 5.92 Å². The summed E-state index contributed by atoms with van der Waals surface area (Å²) in [5.41, 5.74) is 7.38. The van der Waals surface area contributed by atoms with Crippen LogP contribution in [0.3, 0.4) is 0 Å². The van der Waals surface area contributed by atoms with E-state index in [4.69, 9.17) is 5.73 Å². The molecule has 0 aliphatic carbocycles. The number of halogens is 2. The van der Waals surface area contributed by atoms with Crippen molar-refractivity contribution in [2.45, 2.75) is 32.7 Å². The van der Waals surface area contributed by atoms with E-state index in [-0.39, 0.29) is 5.56 Å². The first-order valence-corrected chi connectivity index (χ1v) is 4.69. The van der Waals surface area contributed by atoms with E-state index >= 15 is 0 Å². The van der Waals surface area contributed by atoms with E-state index in [0.717, 1.165) is 24.5 Å². The summed E-state index contributed by atoms with van der Waals surface area (Å²) in [5.74, 6) is -2.78. The van der Waals surface area contributed by atoms with Crippen molar-refractivity contribution in [3.8, 4) is 0 Å². The van der Waals surface area contributed by atoms with E-state index in [1.54, 1.807) is 6.07 Å². The molecule has 78 valence electrons. The van der Waals surface area contributed by atoms with Crippen molar-refractivity contribution in [1.82, 2.24) is 0 Å². The molecule has 1 aromatic rings. The normalized spacial score (nSPS) is 11.8. The topological polar surface area (TPSA) is 26.0 Å². The summed E-state index contributed by atoms with van der Waals surface area (Å²) in [6.45, 7) is 3.19. The highest BCUT2D eigenvalue weighted by molar-refractivity contribution is 5.33. The number of benzene rings is 1. The number of rotatable bonds is 3. The van der Waals surface area contributed by atoms with Crippen LogP contribution in [0.1, 0.15) is 30.5 Å². The first kappa shape index (κ1) is 11.1. The van der Waals surface area contributed by atoms with Crippen LogP contribution in [-0.2, 0) is 18.9 Å². The Morgan fingerprint density at radius 3 is 2.36 bits per heavy atom. The molecule has 2 N–H and O–H groups in total. The van der Waals surface area contributed by atoms with Crippen molar-refractivity contribution in [2.75, 3.05) is 0 Å². The van der Waals surface area contributed by atoms with Crippen molar-refractivity contribution in [1.29, 1.82) is 0 Å². The first-order valence-electron chi connectivity index (χ1n) is 4.69. The number of hydrogen-bond acceptors (Lipinski definition) is 1. The van der Waals surface area contributed by atoms with Gasteiger partial charge in [-0.3, -0.25) is 0 Å². The molecule has 0 unspecified atom stereocenters. The summed E-state index contributed by atoms with van der Waals surface area (Å²) in [6, 6.07) is 4.70. The monoisotopic (exact) mass is 199 g/mol. The Bertz CT molecular complexity index is 316. The zero-order valence-corrected chi connectivity index (χ0v) is 8.48. The maximum atomic E-state index is 13.0. The minimum Gasteiger partial charge on any atom is -0.326 e. The first-order chi connectivity index (χ1) is 6.49. The second kappa shape index (κ2) is 4.05. The highest BCUT2D eigenvalue weighted by Crippen LogP contribution is 2.28. The van der Waals surface area contributed by atoms with Gasteiger partial charge in [-0.15, -0.1) is 0 Å². The molecule has 0 spiro atoms. The van der Waals surface area contributed by atoms with Crippen LogP contribution in [0.4, 0.5) is 8.78 Å². The molecule has 0 saturated carbocycles. The molecular formula is C11H15F2N. The van der Waals surface area contributed by atoms with Crippen molar-refractivity contribution in [3.05, 3.63) is 34.9 Å². The highest BCUT2D eigenvalue weighted by Gasteiger charge is 2.24. The molecular weight excluding hydrogens is 184 g/mol.